The molecular weight excluding hydrogens is 350 g/mol. The zero-order valence-corrected chi connectivity index (χ0v) is 17.0. The third kappa shape index (κ3) is 4.30. The number of para-hydroxylation sites is 1. The quantitative estimate of drug-likeness (QED) is 0.652. The molecule has 0 fully saturated rings. The summed E-state index contributed by atoms with van der Waals surface area (Å²) < 4.78 is 1.64. The fraction of sp³-hybridized carbons (Fsp3) is 0.348. The highest BCUT2D eigenvalue weighted by Gasteiger charge is 2.20. The van der Waals surface area contributed by atoms with Gasteiger partial charge < -0.3 is 9.47 Å². The third-order valence-corrected chi connectivity index (χ3v) is 4.94. The Labute approximate surface area is 165 Å². The van der Waals surface area contributed by atoms with Crippen LogP contribution in [0, 0.1) is 12.8 Å². The number of aryl methyl sites for hydroxylation is 2. The number of carbonyl (C=O) groups excluding carboxylic acids is 1. The van der Waals surface area contributed by atoms with E-state index in [9.17, 15) is 9.59 Å². The first kappa shape index (κ1) is 19.8. The molecule has 3 aromatic rings. The van der Waals surface area contributed by atoms with E-state index in [1.165, 1.54) is 0 Å². The van der Waals surface area contributed by atoms with E-state index in [2.05, 4.69) is 18.8 Å². The Bertz CT molecular complexity index is 1050. The predicted octanol–water partition coefficient (Wildman–Crippen LogP) is 4.02. The first-order chi connectivity index (χ1) is 13.4. The molecule has 146 valence electrons. The molecule has 0 spiro atoms. The van der Waals surface area contributed by atoms with Gasteiger partial charge in [-0.25, -0.2) is 0 Å². The number of hydrogen-bond donors (Lipinski definition) is 0. The van der Waals surface area contributed by atoms with Crippen LogP contribution in [-0.4, -0.2) is 27.4 Å². The molecule has 1 aromatic carbocycles. The number of pyridine rings is 2. The molecule has 0 saturated heterocycles. The molecule has 0 aliphatic carbocycles. The molecular formula is C23H27N3O2. The topological polar surface area (TPSA) is 55.2 Å². The van der Waals surface area contributed by atoms with Gasteiger partial charge in [0.25, 0.3) is 11.5 Å². The van der Waals surface area contributed by atoms with E-state index in [0.29, 0.717) is 24.6 Å². The van der Waals surface area contributed by atoms with Gasteiger partial charge in [0.2, 0.25) is 0 Å². The van der Waals surface area contributed by atoms with Crippen molar-refractivity contribution >= 4 is 16.8 Å². The van der Waals surface area contributed by atoms with Crippen molar-refractivity contribution in [2.45, 2.75) is 40.3 Å². The SMILES string of the molecule is Cc1ccn(CCC(C)C)c(=O)c1C(=O)N(C)Cc1ccc2ccccc2n1. The van der Waals surface area contributed by atoms with E-state index in [1.807, 2.05) is 49.4 Å². The summed E-state index contributed by atoms with van der Waals surface area (Å²) in [6, 6.07) is 13.6. The minimum Gasteiger partial charge on any atom is -0.336 e. The van der Waals surface area contributed by atoms with Gasteiger partial charge in [-0.05, 0) is 43.0 Å². The summed E-state index contributed by atoms with van der Waals surface area (Å²) in [6.07, 6.45) is 2.68. The summed E-state index contributed by atoms with van der Waals surface area (Å²) in [4.78, 5) is 32.1. The molecule has 5 nitrogen and oxygen atoms in total. The van der Waals surface area contributed by atoms with Crippen LogP contribution < -0.4 is 5.56 Å². The van der Waals surface area contributed by atoms with Crippen LogP contribution in [0.2, 0.25) is 0 Å². The Kier molecular flexibility index (Phi) is 5.93. The highest BCUT2D eigenvalue weighted by Crippen LogP contribution is 2.14. The minimum absolute atomic E-state index is 0.219. The molecule has 2 aromatic heterocycles. The maximum absolute atomic E-state index is 13.0. The molecule has 0 N–H and O–H groups in total. The van der Waals surface area contributed by atoms with Gasteiger partial charge in [-0.2, -0.15) is 0 Å². The normalized spacial score (nSPS) is 11.2. The third-order valence-electron chi connectivity index (χ3n) is 4.94. The summed E-state index contributed by atoms with van der Waals surface area (Å²) in [5.41, 5.74) is 2.42. The number of carbonyl (C=O) groups is 1. The lowest BCUT2D eigenvalue weighted by molar-refractivity contribution is 0.0780. The van der Waals surface area contributed by atoms with Crippen molar-refractivity contribution in [1.82, 2.24) is 14.5 Å². The number of benzene rings is 1. The van der Waals surface area contributed by atoms with E-state index in [-0.39, 0.29) is 17.0 Å². The lowest BCUT2D eigenvalue weighted by Crippen LogP contribution is -2.35. The molecule has 0 atom stereocenters. The van der Waals surface area contributed by atoms with Crippen LogP contribution >= 0.6 is 0 Å². The van der Waals surface area contributed by atoms with E-state index in [4.69, 9.17) is 0 Å². The van der Waals surface area contributed by atoms with Crippen LogP contribution in [0.5, 0.6) is 0 Å². The van der Waals surface area contributed by atoms with Crippen molar-refractivity contribution in [2.75, 3.05) is 7.05 Å². The fourth-order valence-electron chi connectivity index (χ4n) is 3.20. The van der Waals surface area contributed by atoms with Crippen LogP contribution in [0.15, 0.2) is 53.5 Å². The molecule has 3 rings (SSSR count). The first-order valence-electron chi connectivity index (χ1n) is 9.67. The van der Waals surface area contributed by atoms with Gasteiger partial charge in [0.15, 0.2) is 0 Å². The van der Waals surface area contributed by atoms with Crippen molar-refractivity contribution in [1.29, 1.82) is 0 Å². The molecule has 0 saturated carbocycles. The average Bonchev–Trinajstić information content (AvgIpc) is 2.67. The van der Waals surface area contributed by atoms with Crippen LogP contribution in [0.25, 0.3) is 10.9 Å². The maximum atomic E-state index is 13.0. The summed E-state index contributed by atoms with van der Waals surface area (Å²) in [5.74, 6) is 0.227. The Morgan fingerprint density at radius 1 is 1.14 bits per heavy atom. The van der Waals surface area contributed by atoms with Gasteiger partial charge in [-0.1, -0.05) is 38.1 Å². The number of aromatic nitrogens is 2. The Hall–Kier alpha value is -2.95. The fourth-order valence-corrected chi connectivity index (χ4v) is 3.20. The lowest BCUT2D eigenvalue weighted by Gasteiger charge is -2.19. The highest BCUT2D eigenvalue weighted by atomic mass is 16.2. The van der Waals surface area contributed by atoms with E-state index in [0.717, 1.165) is 23.0 Å². The number of fused-ring (bicyclic) bond motifs is 1. The van der Waals surface area contributed by atoms with Crippen molar-refractivity contribution in [3.05, 3.63) is 75.8 Å². The van der Waals surface area contributed by atoms with Gasteiger partial charge in [-0.15, -0.1) is 0 Å². The van der Waals surface area contributed by atoms with Crippen LogP contribution in [0.3, 0.4) is 0 Å². The second kappa shape index (κ2) is 8.38. The molecule has 0 aliphatic heterocycles. The van der Waals surface area contributed by atoms with Gasteiger partial charge in [-0.3, -0.25) is 14.6 Å². The second-order valence-electron chi connectivity index (χ2n) is 7.71. The molecule has 28 heavy (non-hydrogen) atoms. The van der Waals surface area contributed by atoms with Gasteiger partial charge in [0.1, 0.15) is 5.56 Å². The van der Waals surface area contributed by atoms with Crippen LogP contribution in [0.4, 0.5) is 0 Å². The first-order valence-corrected chi connectivity index (χ1v) is 9.67. The molecule has 1 amide bonds. The van der Waals surface area contributed by atoms with Gasteiger partial charge in [0.05, 0.1) is 17.8 Å². The number of nitrogens with zero attached hydrogens (tertiary/aromatic N) is 3. The molecule has 0 aliphatic rings. The van der Waals surface area contributed by atoms with Gasteiger partial charge >= 0.3 is 0 Å². The zero-order valence-electron chi connectivity index (χ0n) is 17.0. The molecule has 0 bridgehead atoms. The minimum atomic E-state index is -0.267. The average molecular weight is 377 g/mol. The molecule has 2 heterocycles. The summed E-state index contributed by atoms with van der Waals surface area (Å²) in [6.45, 7) is 7.02. The summed E-state index contributed by atoms with van der Waals surface area (Å²) in [7, 11) is 1.71. The van der Waals surface area contributed by atoms with Crippen LogP contribution in [0.1, 0.15) is 41.9 Å². The highest BCUT2D eigenvalue weighted by molar-refractivity contribution is 5.95. The van der Waals surface area contributed by atoms with Crippen molar-refractivity contribution in [3.8, 4) is 0 Å². The largest absolute Gasteiger partial charge is 0.336 e. The summed E-state index contributed by atoms with van der Waals surface area (Å²) in [5, 5.41) is 1.06. The second-order valence-corrected chi connectivity index (χ2v) is 7.71. The summed E-state index contributed by atoms with van der Waals surface area (Å²) >= 11 is 0. The van der Waals surface area contributed by atoms with Crippen molar-refractivity contribution in [2.24, 2.45) is 5.92 Å². The van der Waals surface area contributed by atoms with Crippen molar-refractivity contribution < 1.29 is 4.79 Å². The standard InChI is InChI=1S/C23H27N3O2/c1-16(2)11-13-26-14-12-17(3)21(23(26)28)22(27)25(4)15-19-10-9-18-7-5-6-8-20(18)24-19/h5-10,12,14,16H,11,13,15H2,1-4H3. The number of rotatable bonds is 6. The Balaban J connectivity index is 1.83. The van der Waals surface area contributed by atoms with Gasteiger partial charge in [0, 0.05) is 25.2 Å². The number of hydrogen-bond acceptors (Lipinski definition) is 3. The lowest BCUT2D eigenvalue weighted by atomic mass is 10.1. The number of amides is 1. The molecule has 0 radical (unpaired) electrons. The smallest absolute Gasteiger partial charge is 0.263 e. The maximum Gasteiger partial charge on any atom is 0.263 e. The van der Waals surface area contributed by atoms with Crippen molar-refractivity contribution in [3.63, 3.8) is 0 Å². The Morgan fingerprint density at radius 2 is 1.89 bits per heavy atom. The Morgan fingerprint density at radius 3 is 2.64 bits per heavy atom. The predicted molar refractivity (Wildman–Crippen MR) is 112 cm³/mol. The van der Waals surface area contributed by atoms with Crippen LogP contribution in [-0.2, 0) is 13.1 Å². The van der Waals surface area contributed by atoms with E-state index in [1.54, 1.807) is 22.7 Å². The zero-order chi connectivity index (χ0) is 20.3. The van der Waals surface area contributed by atoms with E-state index < -0.39 is 0 Å². The van der Waals surface area contributed by atoms with E-state index >= 15 is 0 Å². The molecule has 0 unspecified atom stereocenters. The monoisotopic (exact) mass is 377 g/mol. The molecule has 5 heteroatoms.